The third-order valence-electron chi connectivity index (χ3n) is 4.41. The van der Waals surface area contributed by atoms with E-state index in [-0.39, 0.29) is 12.5 Å². The third-order valence-corrected chi connectivity index (χ3v) is 5.53. The second-order valence-corrected chi connectivity index (χ2v) is 8.59. The molecule has 156 valence electrons. The molecule has 0 aliphatic rings. The standard InChI is InChI=1S/C23H24N2O4S/c1-3-29-22-12-8-7-11-21(22)25(30(2,27)28)17-18-13-15-19(16-14-18)23(26)24-20-9-5-4-6-10-20/h4-16H,3,17H2,1-2H3,(H,24,26). The molecule has 0 bridgehead atoms. The number of anilines is 2. The second kappa shape index (κ2) is 9.45. The fourth-order valence-electron chi connectivity index (χ4n) is 2.97. The Morgan fingerprint density at radius 3 is 2.20 bits per heavy atom. The molecule has 3 rings (SSSR count). The first kappa shape index (κ1) is 21.4. The highest BCUT2D eigenvalue weighted by atomic mass is 32.2. The Bertz CT molecular complexity index is 1100. The molecule has 30 heavy (non-hydrogen) atoms. The van der Waals surface area contributed by atoms with Gasteiger partial charge in [-0.05, 0) is 48.9 Å². The van der Waals surface area contributed by atoms with Crippen LogP contribution in [-0.2, 0) is 16.6 Å². The van der Waals surface area contributed by atoms with Gasteiger partial charge in [-0.2, -0.15) is 0 Å². The van der Waals surface area contributed by atoms with Crippen molar-refractivity contribution in [2.45, 2.75) is 13.5 Å². The first-order valence-corrected chi connectivity index (χ1v) is 11.4. The smallest absolute Gasteiger partial charge is 0.255 e. The number of carbonyl (C=O) groups is 1. The van der Waals surface area contributed by atoms with E-state index in [0.29, 0.717) is 29.3 Å². The van der Waals surface area contributed by atoms with Crippen molar-refractivity contribution in [3.63, 3.8) is 0 Å². The van der Waals surface area contributed by atoms with Crippen molar-refractivity contribution in [2.75, 3.05) is 22.5 Å². The summed E-state index contributed by atoms with van der Waals surface area (Å²) in [6.45, 7) is 2.41. The lowest BCUT2D eigenvalue weighted by atomic mass is 10.1. The van der Waals surface area contributed by atoms with E-state index < -0.39 is 10.0 Å². The van der Waals surface area contributed by atoms with Crippen LogP contribution in [0.15, 0.2) is 78.9 Å². The van der Waals surface area contributed by atoms with E-state index in [1.54, 1.807) is 48.5 Å². The molecule has 3 aromatic carbocycles. The maximum atomic E-state index is 12.5. The minimum atomic E-state index is -3.55. The van der Waals surface area contributed by atoms with Crippen LogP contribution < -0.4 is 14.4 Å². The van der Waals surface area contributed by atoms with Crippen molar-refractivity contribution in [1.29, 1.82) is 0 Å². The fourth-order valence-corrected chi connectivity index (χ4v) is 3.87. The summed E-state index contributed by atoms with van der Waals surface area (Å²) >= 11 is 0. The molecule has 0 saturated heterocycles. The Morgan fingerprint density at radius 1 is 0.933 bits per heavy atom. The fraction of sp³-hybridized carbons (Fsp3) is 0.174. The monoisotopic (exact) mass is 424 g/mol. The molecule has 0 unspecified atom stereocenters. The van der Waals surface area contributed by atoms with Crippen molar-refractivity contribution in [1.82, 2.24) is 0 Å². The highest BCUT2D eigenvalue weighted by Gasteiger charge is 2.21. The van der Waals surface area contributed by atoms with Crippen molar-refractivity contribution in [3.8, 4) is 5.75 Å². The average molecular weight is 425 g/mol. The molecular formula is C23H24N2O4S. The van der Waals surface area contributed by atoms with Crippen LogP contribution in [0.5, 0.6) is 5.75 Å². The van der Waals surface area contributed by atoms with Gasteiger partial charge in [0.25, 0.3) is 5.91 Å². The summed E-state index contributed by atoms with van der Waals surface area (Å²) in [6.07, 6.45) is 1.16. The number of hydrogen-bond donors (Lipinski definition) is 1. The van der Waals surface area contributed by atoms with Crippen LogP contribution in [0.25, 0.3) is 0 Å². The van der Waals surface area contributed by atoms with Crippen LogP contribution in [0.4, 0.5) is 11.4 Å². The van der Waals surface area contributed by atoms with Crippen LogP contribution in [0.1, 0.15) is 22.8 Å². The van der Waals surface area contributed by atoms with Crippen LogP contribution >= 0.6 is 0 Å². The molecule has 3 aromatic rings. The topological polar surface area (TPSA) is 75.7 Å². The van der Waals surface area contributed by atoms with Gasteiger partial charge in [0.2, 0.25) is 10.0 Å². The molecule has 1 N–H and O–H groups in total. The maximum absolute atomic E-state index is 12.5. The number of nitrogens with zero attached hydrogens (tertiary/aromatic N) is 1. The molecule has 0 spiro atoms. The molecule has 6 nitrogen and oxygen atoms in total. The van der Waals surface area contributed by atoms with E-state index >= 15 is 0 Å². The van der Waals surface area contributed by atoms with Gasteiger partial charge in [0.15, 0.2) is 0 Å². The molecule has 0 aliphatic carbocycles. The Balaban J connectivity index is 1.80. The predicted octanol–water partition coefficient (Wildman–Crippen LogP) is 4.30. The van der Waals surface area contributed by atoms with Gasteiger partial charge in [-0.25, -0.2) is 8.42 Å². The quantitative estimate of drug-likeness (QED) is 0.585. The lowest BCUT2D eigenvalue weighted by Crippen LogP contribution is -2.29. The first-order valence-electron chi connectivity index (χ1n) is 9.53. The second-order valence-electron chi connectivity index (χ2n) is 6.69. The summed E-state index contributed by atoms with van der Waals surface area (Å²) < 4.78 is 31.9. The van der Waals surface area contributed by atoms with Gasteiger partial charge in [0.05, 0.1) is 25.1 Å². The van der Waals surface area contributed by atoms with Crippen molar-refractivity contribution in [3.05, 3.63) is 90.0 Å². The van der Waals surface area contributed by atoms with Gasteiger partial charge in [-0.3, -0.25) is 9.10 Å². The maximum Gasteiger partial charge on any atom is 0.255 e. The van der Waals surface area contributed by atoms with Gasteiger partial charge >= 0.3 is 0 Å². The van der Waals surface area contributed by atoms with Crippen LogP contribution in [0, 0.1) is 0 Å². The molecule has 0 fully saturated rings. The number of para-hydroxylation sites is 3. The number of carbonyl (C=O) groups excluding carboxylic acids is 1. The summed E-state index contributed by atoms with van der Waals surface area (Å²) in [7, 11) is -3.55. The van der Waals surface area contributed by atoms with Crippen molar-refractivity contribution in [2.24, 2.45) is 0 Å². The molecule has 0 heterocycles. The van der Waals surface area contributed by atoms with Gasteiger partial charge in [0, 0.05) is 11.3 Å². The molecule has 1 amide bonds. The van der Waals surface area contributed by atoms with Crippen LogP contribution in [0.3, 0.4) is 0 Å². The van der Waals surface area contributed by atoms with Gasteiger partial charge < -0.3 is 10.1 Å². The number of benzene rings is 3. The average Bonchev–Trinajstić information content (AvgIpc) is 2.73. The summed E-state index contributed by atoms with van der Waals surface area (Å²) in [5, 5.41) is 2.83. The first-order chi connectivity index (χ1) is 14.4. The number of nitrogens with one attached hydrogen (secondary N) is 1. The Morgan fingerprint density at radius 2 is 1.57 bits per heavy atom. The Kier molecular flexibility index (Phi) is 6.74. The molecule has 7 heteroatoms. The normalized spacial score (nSPS) is 11.0. The lowest BCUT2D eigenvalue weighted by molar-refractivity contribution is 0.102. The van der Waals surface area contributed by atoms with Crippen molar-refractivity contribution >= 4 is 27.3 Å². The minimum absolute atomic E-state index is 0.128. The molecule has 0 atom stereocenters. The van der Waals surface area contributed by atoms with E-state index in [0.717, 1.165) is 11.8 Å². The van der Waals surface area contributed by atoms with Crippen LogP contribution in [0.2, 0.25) is 0 Å². The zero-order chi connectivity index (χ0) is 21.6. The number of ether oxygens (including phenoxy) is 1. The highest BCUT2D eigenvalue weighted by molar-refractivity contribution is 7.92. The van der Waals surface area contributed by atoms with E-state index in [1.807, 2.05) is 37.3 Å². The summed E-state index contributed by atoms with van der Waals surface area (Å²) in [4.78, 5) is 12.4. The number of hydrogen-bond acceptors (Lipinski definition) is 4. The summed E-state index contributed by atoms with van der Waals surface area (Å²) in [5.41, 5.74) is 2.43. The molecule has 0 saturated carbocycles. The zero-order valence-electron chi connectivity index (χ0n) is 16.9. The summed E-state index contributed by atoms with van der Waals surface area (Å²) in [5.74, 6) is 0.277. The predicted molar refractivity (Wildman–Crippen MR) is 119 cm³/mol. The zero-order valence-corrected chi connectivity index (χ0v) is 17.7. The third kappa shape index (κ3) is 5.39. The Labute approximate surface area is 177 Å². The summed E-state index contributed by atoms with van der Waals surface area (Å²) in [6, 6.07) is 23.1. The molecular weight excluding hydrogens is 400 g/mol. The van der Waals surface area contributed by atoms with E-state index in [2.05, 4.69) is 5.32 Å². The van der Waals surface area contributed by atoms with E-state index in [9.17, 15) is 13.2 Å². The Hall–Kier alpha value is -3.32. The lowest BCUT2D eigenvalue weighted by Gasteiger charge is -2.24. The molecule has 0 radical (unpaired) electrons. The SMILES string of the molecule is CCOc1ccccc1N(Cc1ccc(C(=O)Nc2ccccc2)cc1)S(C)(=O)=O. The number of sulfonamides is 1. The minimum Gasteiger partial charge on any atom is -0.492 e. The van der Waals surface area contributed by atoms with Gasteiger partial charge in [-0.15, -0.1) is 0 Å². The van der Waals surface area contributed by atoms with Gasteiger partial charge in [-0.1, -0.05) is 42.5 Å². The van der Waals surface area contributed by atoms with Crippen LogP contribution in [-0.4, -0.2) is 27.2 Å². The molecule has 0 aromatic heterocycles. The molecule has 0 aliphatic heterocycles. The van der Waals surface area contributed by atoms with E-state index in [1.165, 1.54) is 4.31 Å². The van der Waals surface area contributed by atoms with Crippen molar-refractivity contribution < 1.29 is 17.9 Å². The largest absolute Gasteiger partial charge is 0.492 e. The highest BCUT2D eigenvalue weighted by Crippen LogP contribution is 2.31. The van der Waals surface area contributed by atoms with E-state index in [4.69, 9.17) is 4.74 Å². The van der Waals surface area contributed by atoms with Gasteiger partial charge in [0.1, 0.15) is 5.75 Å². The number of rotatable bonds is 8. The number of amides is 1.